The Morgan fingerprint density at radius 2 is 2.08 bits per heavy atom. The molecular formula is C8H10BFO2. The lowest BCUT2D eigenvalue weighted by Gasteiger charge is -2.04. The van der Waals surface area contributed by atoms with E-state index in [4.69, 9.17) is 10.0 Å². The Kier molecular flexibility index (Phi) is 2.84. The molecule has 1 rings (SSSR count). The molecule has 0 aliphatic heterocycles. The number of rotatable bonds is 2. The average Bonchev–Trinajstić information content (AvgIpc) is 2.04. The largest absolute Gasteiger partial charge is 0.491 e. The van der Waals surface area contributed by atoms with Crippen LogP contribution in [0.5, 0.6) is 0 Å². The van der Waals surface area contributed by atoms with Crippen LogP contribution in [0.25, 0.3) is 0 Å². The summed E-state index contributed by atoms with van der Waals surface area (Å²) in [5.74, 6) is -0.519. The van der Waals surface area contributed by atoms with Crippen LogP contribution in [0, 0.1) is 5.82 Å². The van der Waals surface area contributed by atoms with Gasteiger partial charge in [-0.25, -0.2) is 4.39 Å². The second-order valence-electron chi connectivity index (χ2n) is 2.55. The number of aryl methyl sites for hydroxylation is 1. The van der Waals surface area contributed by atoms with Crippen molar-refractivity contribution in [2.24, 2.45) is 0 Å². The summed E-state index contributed by atoms with van der Waals surface area (Å²) in [4.78, 5) is 0. The van der Waals surface area contributed by atoms with Crippen molar-refractivity contribution in [3.05, 3.63) is 29.6 Å². The van der Waals surface area contributed by atoms with Gasteiger partial charge in [-0.15, -0.1) is 0 Å². The Morgan fingerprint density at radius 1 is 1.42 bits per heavy atom. The van der Waals surface area contributed by atoms with E-state index in [0.29, 0.717) is 12.0 Å². The van der Waals surface area contributed by atoms with Crippen LogP contribution in [0.2, 0.25) is 0 Å². The molecule has 0 saturated heterocycles. The normalized spacial score (nSPS) is 10.0. The summed E-state index contributed by atoms with van der Waals surface area (Å²) in [5, 5.41) is 17.5. The summed E-state index contributed by atoms with van der Waals surface area (Å²) in [6, 6.07) is 4.59. The van der Waals surface area contributed by atoms with Crippen molar-refractivity contribution in [2.75, 3.05) is 0 Å². The average molecular weight is 168 g/mol. The highest BCUT2D eigenvalue weighted by atomic mass is 19.1. The van der Waals surface area contributed by atoms with E-state index in [0.717, 1.165) is 0 Å². The lowest BCUT2D eigenvalue weighted by atomic mass is 9.79. The maximum Gasteiger partial charge on any atom is 0.491 e. The molecule has 0 fully saturated rings. The van der Waals surface area contributed by atoms with E-state index in [9.17, 15) is 4.39 Å². The summed E-state index contributed by atoms with van der Waals surface area (Å²) >= 11 is 0. The molecule has 1 aromatic carbocycles. The highest BCUT2D eigenvalue weighted by molar-refractivity contribution is 6.58. The van der Waals surface area contributed by atoms with Crippen molar-refractivity contribution in [3.63, 3.8) is 0 Å². The first-order valence-electron chi connectivity index (χ1n) is 3.80. The van der Waals surface area contributed by atoms with Gasteiger partial charge in [-0.3, -0.25) is 0 Å². The number of hydrogen-bond donors (Lipinski definition) is 2. The Balaban J connectivity index is 3.14. The van der Waals surface area contributed by atoms with Crippen molar-refractivity contribution in [1.82, 2.24) is 0 Å². The molecule has 2 N–H and O–H groups in total. The monoisotopic (exact) mass is 168 g/mol. The molecule has 1 aromatic rings. The van der Waals surface area contributed by atoms with Crippen LogP contribution in [-0.4, -0.2) is 17.2 Å². The van der Waals surface area contributed by atoms with Crippen LogP contribution in [-0.2, 0) is 6.42 Å². The maximum atomic E-state index is 13.2. The van der Waals surface area contributed by atoms with Crippen molar-refractivity contribution in [3.8, 4) is 0 Å². The van der Waals surface area contributed by atoms with E-state index in [-0.39, 0.29) is 5.46 Å². The highest BCUT2D eigenvalue weighted by Crippen LogP contribution is 2.04. The molecule has 64 valence electrons. The standard InChI is InChI=1S/C8H10BFO2/c1-2-6-4-3-5-7(8(6)10)9(11)12/h3-5,11-12H,2H2,1H3. The molecule has 0 aromatic heterocycles. The first-order valence-corrected chi connectivity index (χ1v) is 3.80. The summed E-state index contributed by atoms with van der Waals surface area (Å²) in [6.07, 6.45) is 0.548. The fourth-order valence-electron chi connectivity index (χ4n) is 1.07. The van der Waals surface area contributed by atoms with Crippen LogP contribution in [0.15, 0.2) is 18.2 Å². The van der Waals surface area contributed by atoms with Crippen molar-refractivity contribution in [1.29, 1.82) is 0 Å². The van der Waals surface area contributed by atoms with Gasteiger partial charge in [0.2, 0.25) is 0 Å². The molecule has 0 aliphatic rings. The van der Waals surface area contributed by atoms with Gasteiger partial charge in [0.1, 0.15) is 5.82 Å². The van der Waals surface area contributed by atoms with Gasteiger partial charge in [0, 0.05) is 5.46 Å². The second kappa shape index (κ2) is 3.69. The smallest absolute Gasteiger partial charge is 0.423 e. The molecule has 2 nitrogen and oxygen atoms in total. The Labute approximate surface area is 70.8 Å². The van der Waals surface area contributed by atoms with Gasteiger partial charge in [0.05, 0.1) is 0 Å². The minimum atomic E-state index is -1.73. The van der Waals surface area contributed by atoms with Crippen LogP contribution >= 0.6 is 0 Å². The predicted octanol–water partition coefficient (Wildman–Crippen LogP) is 0.0679. The molecule has 0 bridgehead atoms. The fraction of sp³-hybridized carbons (Fsp3) is 0.250. The number of benzene rings is 1. The predicted molar refractivity (Wildman–Crippen MR) is 45.6 cm³/mol. The summed E-state index contributed by atoms with van der Waals surface area (Å²) < 4.78 is 13.2. The third kappa shape index (κ3) is 1.65. The van der Waals surface area contributed by atoms with Gasteiger partial charge in [0.25, 0.3) is 0 Å². The summed E-state index contributed by atoms with van der Waals surface area (Å²) in [7, 11) is -1.73. The highest BCUT2D eigenvalue weighted by Gasteiger charge is 2.17. The summed E-state index contributed by atoms with van der Waals surface area (Å²) in [6.45, 7) is 1.81. The van der Waals surface area contributed by atoms with Crippen molar-refractivity contribution in [2.45, 2.75) is 13.3 Å². The first-order chi connectivity index (χ1) is 5.66. The van der Waals surface area contributed by atoms with Gasteiger partial charge in [-0.1, -0.05) is 25.1 Å². The molecule has 0 unspecified atom stereocenters. The van der Waals surface area contributed by atoms with Gasteiger partial charge in [-0.05, 0) is 12.0 Å². The van der Waals surface area contributed by atoms with Gasteiger partial charge >= 0.3 is 7.12 Å². The molecule has 0 heterocycles. The first kappa shape index (κ1) is 9.22. The fourth-order valence-corrected chi connectivity index (χ4v) is 1.07. The van der Waals surface area contributed by atoms with E-state index in [2.05, 4.69) is 0 Å². The minimum absolute atomic E-state index is 0.0608. The lowest BCUT2D eigenvalue weighted by molar-refractivity contribution is 0.422. The van der Waals surface area contributed by atoms with Crippen molar-refractivity contribution < 1.29 is 14.4 Å². The number of halogens is 1. The van der Waals surface area contributed by atoms with E-state index in [1.807, 2.05) is 6.92 Å². The second-order valence-corrected chi connectivity index (χ2v) is 2.55. The molecule has 4 heteroatoms. The Hall–Kier alpha value is -0.865. The van der Waals surface area contributed by atoms with Crippen LogP contribution in [0.3, 0.4) is 0 Å². The molecule has 0 radical (unpaired) electrons. The molecule has 0 amide bonds. The van der Waals surface area contributed by atoms with Crippen LogP contribution in [0.1, 0.15) is 12.5 Å². The van der Waals surface area contributed by atoms with Crippen LogP contribution < -0.4 is 5.46 Å². The molecule has 0 spiro atoms. The van der Waals surface area contributed by atoms with Gasteiger partial charge in [-0.2, -0.15) is 0 Å². The van der Waals surface area contributed by atoms with Crippen LogP contribution in [0.4, 0.5) is 4.39 Å². The zero-order valence-corrected chi connectivity index (χ0v) is 6.79. The Morgan fingerprint density at radius 3 is 2.58 bits per heavy atom. The third-order valence-corrected chi connectivity index (χ3v) is 1.77. The number of hydrogen-bond acceptors (Lipinski definition) is 2. The summed E-state index contributed by atoms with van der Waals surface area (Å²) in [5.41, 5.74) is 0.440. The van der Waals surface area contributed by atoms with E-state index in [1.54, 1.807) is 12.1 Å². The van der Waals surface area contributed by atoms with Gasteiger partial charge < -0.3 is 10.0 Å². The molecule has 0 aliphatic carbocycles. The zero-order valence-electron chi connectivity index (χ0n) is 6.79. The third-order valence-electron chi connectivity index (χ3n) is 1.77. The molecular weight excluding hydrogens is 158 g/mol. The quantitative estimate of drug-likeness (QED) is 0.613. The minimum Gasteiger partial charge on any atom is -0.423 e. The SMILES string of the molecule is CCc1cccc(B(O)O)c1F. The van der Waals surface area contributed by atoms with E-state index < -0.39 is 12.9 Å². The molecule has 0 saturated carbocycles. The van der Waals surface area contributed by atoms with E-state index in [1.165, 1.54) is 6.07 Å². The maximum absolute atomic E-state index is 13.2. The topological polar surface area (TPSA) is 40.5 Å². The van der Waals surface area contributed by atoms with Gasteiger partial charge in [0.15, 0.2) is 0 Å². The van der Waals surface area contributed by atoms with E-state index >= 15 is 0 Å². The lowest BCUT2D eigenvalue weighted by Crippen LogP contribution is -2.33. The Bertz CT molecular complexity index is 276. The van der Waals surface area contributed by atoms with Crippen molar-refractivity contribution >= 4 is 12.6 Å². The molecule has 0 atom stereocenters. The zero-order chi connectivity index (χ0) is 9.14. The molecule has 12 heavy (non-hydrogen) atoms.